The van der Waals surface area contributed by atoms with Gasteiger partial charge in [-0.2, -0.15) is 18.2 Å². The molecule has 1 aliphatic carbocycles. The number of para-hydroxylation sites is 1. The van der Waals surface area contributed by atoms with E-state index in [-0.39, 0.29) is 11.4 Å². The van der Waals surface area contributed by atoms with E-state index < -0.39 is 23.3 Å². The van der Waals surface area contributed by atoms with Gasteiger partial charge in [-0.15, -0.1) is 0 Å². The second-order valence-electron chi connectivity index (χ2n) is 7.31. The Hall–Kier alpha value is -3.14. The fourth-order valence-electron chi connectivity index (χ4n) is 3.70. The molecule has 1 amide bonds. The molecule has 0 radical (unpaired) electrons. The van der Waals surface area contributed by atoms with E-state index in [1.54, 1.807) is 23.0 Å². The van der Waals surface area contributed by atoms with Gasteiger partial charge in [-0.1, -0.05) is 30.0 Å². The molecule has 0 spiro atoms. The number of amides is 1. The molecule has 4 rings (SSSR count). The highest BCUT2D eigenvalue weighted by Crippen LogP contribution is 2.35. The molecule has 0 saturated carbocycles. The minimum atomic E-state index is -4.57. The van der Waals surface area contributed by atoms with Crippen LogP contribution in [0.4, 0.5) is 18.9 Å². The topological polar surface area (TPSA) is 76.9 Å². The predicted octanol–water partition coefficient (Wildman–Crippen LogP) is 3.92. The SMILES string of the molecule is O=C(CSc1nc(=O)n(Cc2cccnc2)c2c1CCC2)Nc1ccccc1C(F)(F)F. The molecule has 10 heteroatoms. The maximum Gasteiger partial charge on any atom is 0.418 e. The summed E-state index contributed by atoms with van der Waals surface area (Å²) in [4.78, 5) is 33.3. The van der Waals surface area contributed by atoms with Crippen molar-refractivity contribution >= 4 is 23.4 Å². The van der Waals surface area contributed by atoms with E-state index in [0.29, 0.717) is 11.6 Å². The lowest BCUT2D eigenvalue weighted by atomic mass is 10.1. The van der Waals surface area contributed by atoms with Crippen molar-refractivity contribution in [1.29, 1.82) is 0 Å². The van der Waals surface area contributed by atoms with Crippen LogP contribution in [-0.4, -0.2) is 26.2 Å². The third-order valence-corrected chi connectivity index (χ3v) is 6.13. The van der Waals surface area contributed by atoms with Gasteiger partial charge >= 0.3 is 11.9 Å². The summed E-state index contributed by atoms with van der Waals surface area (Å²) >= 11 is 1.07. The molecule has 0 bridgehead atoms. The summed E-state index contributed by atoms with van der Waals surface area (Å²) in [6, 6.07) is 8.50. The summed E-state index contributed by atoms with van der Waals surface area (Å²) in [6.45, 7) is 0.363. The average molecular weight is 460 g/mol. The Morgan fingerprint density at radius 1 is 1.16 bits per heavy atom. The van der Waals surface area contributed by atoms with Crippen LogP contribution in [0, 0.1) is 0 Å². The molecule has 1 aliphatic rings. The van der Waals surface area contributed by atoms with Crippen molar-refractivity contribution in [2.24, 2.45) is 0 Å². The number of carbonyl (C=O) groups is 1. The Bertz CT molecular complexity index is 1200. The van der Waals surface area contributed by atoms with Crippen molar-refractivity contribution in [1.82, 2.24) is 14.5 Å². The average Bonchev–Trinajstić information content (AvgIpc) is 3.25. The van der Waals surface area contributed by atoms with Crippen molar-refractivity contribution in [3.63, 3.8) is 0 Å². The quantitative estimate of drug-likeness (QED) is 0.446. The zero-order valence-electron chi connectivity index (χ0n) is 16.9. The number of nitrogens with zero attached hydrogens (tertiary/aromatic N) is 3. The van der Waals surface area contributed by atoms with Crippen molar-refractivity contribution in [3.05, 3.63) is 81.7 Å². The molecule has 0 fully saturated rings. The number of carbonyl (C=O) groups excluding carboxylic acids is 1. The predicted molar refractivity (Wildman–Crippen MR) is 115 cm³/mol. The summed E-state index contributed by atoms with van der Waals surface area (Å²) < 4.78 is 41.0. The normalized spacial score (nSPS) is 13.1. The van der Waals surface area contributed by atoms with E-state index in [4.69, 9.17) is 0 Å². The summed E-state index contributed by atoms with van der Waals surface area (Å²) in [5.74, 6) is -0.752. The molecular formula is C22H19F3N4O2S. The van der Waals surface area contributed by atoms with Gasteiger partial charge in [0.05, 0.1) is 23.5 Å². The van der Waals surface area contributed by atoms with E-state index in [9.17, 15) is 22.8 Å². The first-order valence-electron chi connectivity index (χ1n) is 9.93. The first-order valence-corrected chi connectivity index (χ1v) is 10.9. The minimum absolute atomic E-state index is 0.155. The summed E-state index contributed by atoms with van der Waals surface area (Å²) in [5, 5.41) is 2.78. The Labute approximate surface area is 185 Å². The van der Waals surface area contributed by atoms with E-state index in [1.165, 1.54) is 18.2 Å². The van der Waals surface area contributed by atoms with E-state index in [1.807, 2.05) is 6.07 Å². The third-order valence-electron chi connectivity index (χ3n) is 5.11. The lowest BCUT2D eigenvalue weighted by Gasteiger charge is -2.15. The maximum absolute atomic E-state index is 13.1. The largest absolute Gasteiger partial charge is 0.418 e. The number of halogens is 3. The van der Waals surface area contributed by atoms with Crippen LogP contribution in [0.15, 0.2) is 58.6 Å². The lowest BCUT2D eigenvalue weighted by molar-refractivity contribution is -0.137. The molecule has 0 unspecified atom stereocenters. The van der Waals surface area contributed by atoms with Crippen molar-refractivity contribution in [3.8, 4) is 0 Å². The standard InChI is InChI=1S/C22H19F3N4O2S/c23-22(24,25)16-7-1-2-8-17(16)27-19(30)13-32-20-15-6-3-9-18(15)29(21(31)28-20)12-14-5-4-10-26-11-14/h1-2,4-5,7-8,10-11H,3,6,9,12-13H2,(H,27,30). The van der Waals surface area contributed by atoms with Gasteiger partial charge in [0.25, 0.3) is 0 Å². The van der Waals surface area contributed by atoms with Gasteiger partial charge in [-0.3, -0.25) is 14.3 Å². The fraction of sp³-hybridized carbons (Fsp3) is 0.273. The van der Waals surface area contributed by atoms with Gasteiger partial charge in [-0.25, -0.2) is 4.79 Å². The van der Waals surface area contributed by atoms with Crippen molar-refractivity contribution < 1.29 is 18.0 Å². The third kappa shape index (κ3) is 4.85. The van der Waals surface area contributed by atoms with Gasteiger partial charge < -0.3 is 5.32 Å². The van der Waals surface area contributed by atoms with Gasteiger partial charge in [0.2, 0.25) is 5.91 Å². The minimum Gasteiger partial charge on any atom is -0.325 e. The number of fused-ring (bicyclic) bond motifs is 1. The molecule has 3 aromatic rings. The highest BCUT2D eigenvalue weighted by molar-refractivity contribution is 8.00. The van der Waals surface area contributed by atoms with Crippen LogP contribution >= 0.6 is 11.8 Å². The zero-order chi connectivity index (χ0) is 22.7. The van der Waals surface area contributed by atoms with Gasteiger partial charge in [-0.05, 0) is 43.0 Å². The molecule has 0 aliphatic heterocycles. The summed E-state index contributed by atoms with van der Waals surface area (Å²) in [6.07, 6.45) is 1.11. The molecule has 2 aromatic heterocycles. The van der Waals surface area contributed by atoms with Gasteiger partial charge in [0, 0.05) is 23.7 Å². The summed E-state index contributed by atoms with van der Waals surface area (Å²) in [7, 11) is 0. The van der Waals surface area contributed by atoms with E-state index >= 15 is 0 Å². The van der Waals surface area contributed by atoms with Crippen LogP contribution in [0.1, 0.15) is 28.8 Å². The number of rotatable bonds is 6. The molecule has 166 valence electrons. The monoisotopic (exact) mass is 460 g/mol. The lowest BCUT2D eigenvalue weighted by Crippen LogP contribution is -2.28. The summed E-state index contributed by atoms with van der Waals surface area (Å²) in [5.41, 5.74) is 1.07. The number of hydrogen-bond acceptors (Lipinski definition) is 5. The molecule has 0 saturated heterocycles. The highest BCUT2D eigenvalue weighted by Gasteiger charge is 2.33. The second kappa shape index (κ2) is 9.15. The molecule has 1 aromatic carbocycles. The number of anilines is 1. The molecule has 2 heterocycles. The first kappa shape index (κ1) is 22.1. The number of nitrogens with one attached hydrogen (secondary N) is 1. The highest BCUT2D eigenvalue weighted by atomic mass is 32.2. The molecule has 1 N–H and O–H groups in total. The van der Waals surface area contributed by atoms with Crippen LogP contribution < -0.4 is 11.0 Å². The number of alkyl halides is 3. The van der Waals surface area contributed by atoms with Crippen LogP contribution in [-0.2, 0) is 30.4 Å². The van der Waals surface area contributed by atoms with E-state index in [0.717, 1.165) is 53.9 Å². The van der Waals surface area contributed by atoms with Crippen molar-refractivity contribution in [2.75, 3.05) is 11.1 Å². The number of aromatic nitrogens is 3. The molecule has 32 heavy (non-hydrogen) atoms. The van der Waals surface area contributed by atoms with Gasteiger partial charge in [0.15, 0.2) is 0 Å². The van der Waals surface area contributed by atoms with Crippen LogP contribution in [0.25, 0.3) is 0 Å². The maximum atomic E-state index is 13.1. The Balaban J connectivity index is 1.50. The van der Waals surface area contributed by atoms with Crippen LogP contribution in [0.2, 0.25) is 0 Å². The first-order chi connectivity index (χ1) is 15.3. The smallest absolute Gasteiger partial charge is 0.325 e. The Morgan fingerprint density at radius 3 is 2.72 bits per heavy atom. The number of pyridine rings is 1. The molecular weight excluding hydrogens is 441 g/mol. The number of thioether (sulfide) groups is 1. The zero-order valence-corrected chi connectivity index (χ0v) is 17.7. The Morgan fingerprint density at radius 2 is 1.97 bits per heavy atom. The van der Waals surface area contributed by atoms with Crippen LogP contribution in [0.5, 0.6) is 0 Å². The van der Waals surface area contributed by atoms with Crippen molar-refractivity contribution in [2.45, 2.75) is 37.0 Å². The number of benzene rings is 1. The van der Waals surface area contributed by atoms with E-state index in [2.05, 4.69) is 15.3 Å². The Kier molecular flexibility index (Phi) is 6.31. The van der Waals surface area contributed by atoms with Gasteiger partial charge in [0.1, 0.15) is 5.03 Å². The molecule has 0 atom stereocenters. The molecule has 6 nitrogen and oxygen atoms in total. The second-order valence-corrected chi connectivity index (χ2v) is 8.27. The number of hydrogen-bond donors (Lipinski definition) is 1. The fourth-order valence-corrected chi connectivity index (χ4v) is 4.58. The van der Waals surface area contributed by atoms with Crippen LogP contribution in [0.3, 0.4) is 0 Å².